The van der Waals surface area contributed by atoms with E-state index in [1.165, 1.54) is 0 Å². The Balaban J connectivity index is 1.61. The van der Waals surface area contributed by atoms with Crippen molar-refractivity contribution in [1.29, 1.82) is 0 Å². The minimum Gasteiger partial charge on any atom is -0.453 e. The summed E-state index contributed by atoms with van der Waals surface area (Å²) in [6, 6.07) is 13.6. The van der Waals surface area contributed by atoms with Crippen molar-refractivity contribution in [2.24, 2.45) is 0 Å². The zero-order chi connectivity index (χ0) is 18.5. The molecule has 1 amide bonds. The molecule has 0 bridgehead atoms. The smallest absolute Gasteiger partial charge is 0.287 e. The number of carbonyl (C=O) groups is 1. The topological polar surface area (TPSA) is 69.3 Å². The largest absolute Gasteiger partial charge is 0.453 e. The maximum absolute atomic E-state index is 12.2. The number of hydrogen-bond donors (Lipinski definition) is 1. The molecule has 2 aromatic heterocycles. The predicted molar refractivity (Wildman–Crippen MR) is 97.8 cm³/mol. The van der Waals surface area contributed by atoms with Crippen LogP contribution in [0.3, 0.4) is 0 Å². The zero-order valence-corrected chi connectivity index (χ0v) is 15.3. The van der Waals surface area contributed by atoms with Crippen LogP contribution < -0.4 is 5.32 Å². The molecule has 26 heavy (non-hydrogen) atoms. The second-order valence-electron chi connectivity index (χ2n) is 6.29. The molecule has 6 heteroatoms. The number of hydrogen-bond acceptors (Lipinski definition) is 4. The Hall–Kier alpha value is -2.86. The highest BCUT2D eigenvalue weighted by Gasteiger charge is 2.11. The summed E-state index contributed by atoms with van der Waals surface area (Å²) in [5, 5.41) is 7.37. The van der Waals surface area contributed by atoms with Gasteiger partial charge >= 0.3 is 0 Å². The Kier molecular flexibility index (Phi) is 5.53. The molecule has 3 aromatic rings. The second kappa shape index (κ2) is 8.01. The van der Waals surface area contributed by atoms with Crippen molar-refractivity contribution in [2.45, 2.75) is 33.5 Å². The van der Waals surface area contributed by atoms with E-state index in [4.69, 9.17) is 9.15 Å². The quantitative estimate of drug-likeness (QED) is 0.708. The van der Waals surface area contributed by atoms with Crippen molar-refractivity contribution in [2.75, 3.05) is 7.11 Å². The average Bonchev–Trinajstić information content (AvgIpc) is 3.20. The number of ether oxygens (including phenoxy) is 1. The fourth-order valence-electron chi connectivity index (χ4n) is 2.84. The second-order valence-corrected chi connectivity index (χ2v) is 6.29. The van der Waals surface area contributed by atoms with E-state index < -0.39 is 0 Å². The summed E-state index contributed by atoms with van der Waals surface area (Å²) in [6.07, 6.45) is 0. The number of methoxy groups -OCH3 is 1. The third kappa shape index (κ3) is 4.40. The first-order chi connectivity index (χ1) is 12.5. The Morgan fingerprint density at radius 1 is 1.19 bits per heavy atom. The van der Waals surface area contributed by atoms with Gasteiger partial charge in [0.2, 0.25) is 0 Å². The first-order valence-electron chi connectivity index (χ1n) is 8.50. The highest BCUT2D eigenvalue weighted by atomic mass is 16.5. The van der Waals surface area contributed by atoms with Gasteiger partial charge in [-0.15, -0.1) is 0 Å². The molecule has 0 saturated heterocycles. The van der Waals surface area contributed by atoms with E-state index in [0.29, 0.717) is 25.5 Å². The molecule has 0 fully saturated rings. The van der Waals surface area contributed by atoms with Crippen LogP contribution in [0.25, 0.3) is 0 Å². The first-order valence-corrected chi connectivity index (χ1v) is 8.50. The summed E-state index contributed by atoms with van der Waals surface area (Å²) < 4.78 is 12.4. The molecule has 6 nitrogen and oxygen atoms in total. The monoisotopic (exact) mass is 353 g/mol. The van der Waals surface area contributed by atoms with Gasteiger partial charge in [-0.05, 0) is 43.2 Å². The number of furan rings is 1. The first kappa shape index (κ1) is 17.9. The van der Waals surface area contributed by atoms with Gasteiger partial charge in [0.05, 0.1) is 12.2 Å². The molecule has 0 radical (unpaired) electrons. The summed E-state index contributed by atoms with van der Waals surface area (Å²) >= 11 is 0. The highest BCUT2D eigenvalue weighted by Crippen LogP contribution is 2.11. The minimum absolute atomic E-state index is 0.240. The van der Waals surface area contributed by atoms with Gasteiger partial charge in [0, 0.05) is 19.3 Å². The lowest BCUT2D eigenvalue weighted by molar-refractivity contribution is 0.0914. The standard InChI is InChI=1S/C20H23N3O3/c1-14-9-15(2)23(22-14)12-17-6-4-5-16(10-17)11-21-20(24)19-8-7-18(26-19)13-25-3/h4-10H,11-13H2,1-3H3,(H,21,24). The Bertz CT molecular complexity index is 895. The maximum Gasteiger partial charge on any atom is 0.287 e. The number of nitrogens with one attached hydrogen (secondary N) is 1. The van der Waals surface area contributed by atoms with Crippen LogP contribution in [-0.2, 0) is 24.4 Å². The average molecular weight is 353 g/mol. The van der Waals surface area contributed by atoms with Crippen LogP contribution >= 0.6 is 0 Å². The Morgan fingerprint density at radius 3 is 2.73 bits per heavy atom. The van der Waals surface area contributed by atoms with Crippen molar-refractivity contribution in [3.63, 3.8) is 0 Å². The third-order valence-electron chi connectivity index (χ3n) is 4.05. The van der Waals surface area contributed by atoms with Crippen LogP contribution in [0.4, 0.5) is 0 Å². The molecule has 2 heterocycles. The summed E-state index contributed by atoms with van der Waals surface area (Å²) in [5.74, 6) is 0.677. The Labute approximate surface area is 152 Å². The van der Waals surface area contributed by atoms with Crippen LogP contribution in [0.2, 0.25) is 0 Å². The van der Waals surface area contributed by atoms with Crippen LogP contribution in [0.5, 0.6) is 0 Å². The fourth-order valence-corrected chi connectivity index (χ4v) is 2.84. The van der Waals surface area contributed by atoms with Gasteiger partial charge in [0.15, 0.2) is 5.76 Å². The maximum atomic E-state index is 12.2. The van der Waals surface area contributed by atoms with Gasteiger partial charge < -0.3 is 14.5 Å². The molecule has 0 atom stereocenters. The van der Waals surface area contributed by atoms with Gasteiger partial charge in [-0.3, -0.25) is 9.48 Å². The van der Waals surface area contributed by atoms with Crippen LogP contribution in [0.1, 0.15) is 38.8 Å². The van der Waals surface area contributed by atoms with Crippen molar-refractivity contribution < 1.29 is 13.9 Å². The van der Waals surface area contributed by atoms with Gasteiger partial charge in [-0.2, -0.15) is 5.10 Å². The van der Waals surface area contributed by atoms with Gasteiger partial charge in [-0.25, -0.2) is 0 Å². The van der Waals surface area contributed by atoms with Crippen LogP contribution in [0.15, 0.2) is 46.9 Å². The van der Waals surface area contributed by atoms with Crippen molar-refractivity contribution in [3.05, 3.63) is 76.5 Å². The lowest BCUT2D eigenvalue weighted by atomic mass is 10.1. The molecule has 0 unspecified atom stereocenters. The number of rotatable bonds is 7. The third-order valence-corrected chi connectivity index (χ3v) is 4.05. The number of aryl methyl sites for hydroxylation is 2. The van der Waals surface area contributed by atoms with Gasteiger partial charge in [0.25, 0.3) is 5.91 Å². The molecule has 1 aromatic carbocycles. The van der Waals surface area contributed by atoms with Crippen LogP contribution in [-0.4, -0.2) is 22.8 Å². The van der Waals surface area contributed by atoms with E-state index in [1.54, 1.807) is 19.2 Å². The molecule has 1 N–H and O–H groups in total. The van der Waals surface area contributed by atoms with E-state index in [-0.39, 0.29) is 11.7 Å². The molecule has 136 valence electrons. The molecule has 0 spiro atoms. The molecular weight excluding hydrogens is 330 g/mol. The van der Waals surface area contributed by atoms with E-state index in [0.717, 1.165) is 22.5 Å². The van der Waals surface area contributed by atoms with Crippen molar-refractivity contribution in [3.8, 4) is 0 Å². The summed E-state index contributed by atoms with van der Waals surface area (Å²) in [4.78, 5) is 12.2. The lowest BCUT2D eigenvalue weighted by Gasteiger charge is -2.08. The summed E-state index contributed by atoms with van der Waals surface area (Å²) in [5.41, 5.74) is 4.31. The molecule has 3 rings (SSSR count). The molecule has 0 aliphatic rings. The highest BCUT2D eigenvalue weighted by molar-refractivity contribution is 5.91. The Morgan fingerprint density at radius 2 is 2.00 bits per heavy atom. The number of aromatic nitrogens is 2. The predicted octanol–water partition coefficient (Wildman–Crippen LogP) is 3.22. The van der Waals surface area contributed by atoms with E-state index in [2.05, 4.69) is 28.6 Å². The van der Waals surface area contributed by atoms with Crippen LogP contribution in [0, 0.1) is 13.8 Å². The molecule has 0 aliphatic heterocycles. The van der Waals surface area contributed by atoms with Gasteiger partial charge in [0.1, 0.15) is 12.4 Å². The van der Waals surface area contributed by atoms with E-state index in [9.17, 15) is 4.79 Å². The zero-order valence-electron chi connectivity index (χ0n) is 15.3. The fraction of sp³-hybridized carbons (Fsp3) is 0.300. The number of benzene rings is 1. The minimum atomic E-state index is -0.240. The molecule has 0 saturated carbocycles. The van der Waals surface area contributed by atoms with Gasteiger partial charge in [-0.1, -0.05) is 24.3 Å². The van der Waals surface area contributed by atoms with Crippen molar-refractivity contribution in [1.82, 2.24) is 15.1 Å². The summed E-state index contributed by atoms with van der Waals surface area (Å²) in [6.45, 7) is 5.53. The molecule has 0 aliphatic carbocycles. The summed E-state index contributed by atoms with van der Waals surface area (Å²) in [7, 11) is 1.58. The number of nitrogens with zero attached hydrogens (tertiary/aromatic N) is 2. The number of carbonyl (C=O) groups excluding carboxylic acids is 1. The van der Waals surface area contributed by atoms with E-state index in [1.807, 2.05) is 30.7 Å². The van der Waals surface area contributed by atoms with Crippen molar-refractivity contribution >= 4 is 5.91 Å². The number of amides is 1. The molecular formula is C20H23N3O3. The lowest BCUT2D eigenvalue weighted by Crippen LogP contribution is -2.22. The SMILES string of the molecule is COCc1ccc(C(=O)NCc2cccc(Cn3nc(C)cc3C)c2)o1. The van der Waals surface area contributed by atoms with E-state index >= 15 is 0 Å². The normalized spacial score (nSPS) is 10.9.